The van der Waals surface area contributed by atoms with E-state index in [0.717, 1.165) is 30.3 Å². The zero-order valence-electron chi connectivity index (χ0n) is 16.7. The number of ether oxygens (including phenoxy) is 1. The monoisotopic (exact) mass is 336 g/mol. The van der Waals surface area contributed by atoms with E-state index in [1.165, 1.54) is 70.6 Å². The van der Waals surface area contributed by atoms with Gasteiger partial charge >= 0.3 is 0 Å². The molecule has 2 fully saturated rings. The summed E-state index contributed by atoms with van der Waals surface area (Å²) in [5, 5.41) is 0. The summed E-state index contributed by atoms with van der Waals surface area (Å²) in [6.07, 6.45) is 23.8. The zero-order valence-corrected chi connectivity index (χ0v) is 16.7. The second-order valence-electron chi connectivity index (χ2n) is 8.98. The van der Waals surface area contributed by atoms with Crippen LogP contribution in [-0.2, 0) is 4.74 Å². The van der Waals surface area contributed by atoms with E-state index in [1.54, 1.807) is 32.1 Å². The van der Waals surface area contributed by atoms with Gasteiger partial charge in [0.1, 0.15) is 0 Å². The van der Waals surface area contributed by atoms with Gasteiger partial charge in [0.15, 0.2) is 0 Å². The molecular formula is C23H44O. The maximum Gasteiger partial charge on any atom is 0.0462 e. The van der Waals surface area contributed by atoms with Crippen molar-refractivity contribution in [2.75, 3.05) is 13.7 Å². The summed E-state index contributed by atoms with van der Waals surface area (Å²) in [5.74, 6) is 4.23. The predicted molar refractivity (Wildman–Crippen MR) is 105 cm³/mol. The lowest BCUT2D eigenvalue weighted by molar-refractivity contribution is 0.171. The Hall–Kier alpha value is -0.0400. The average Bonchev–Trinajstić information content (AvgIpc) is 2.63. The third kappa shape index (κ3) is 7.89. The third-order valence-corrected chi connectivity index (χ3v) is 7.09. The second-order valence-corrected chi connectivity index (χ2v) is 8.98. The van der Waals surface area contributed by atoms with Crippen molar-refractivity contribution >= 4 is 0 Å². The van der Waals surface area contributed by atoms with Crippen molar-refractivity contribution < 1.29 is 4.74 Å². The first-order valence-electron chi connectivity index (χ1n) is 11.3. The van der Waals surface area contributed by atoms with Crippen molar-refractivity contribution in [1.82, 2.24) is 0 Å². The molecule has 0 aromatic carbocycles. The summed E-state index contributed by atoms with van der Waals surface area (Å²) in [6, 6.07) is 0. The fourth-order valence-corrected chi connectivity index (χ4v) is 5.29. The number of unbranched alkanes of at least 4 members (excludes halogenated alkanes) is 2. The van der Waals surface area contributed by atoms with Gasteiger partial charge in [0, 0.05) is 13.7 Å². The number of hydrogen-bond acceptors (Lipinski definition) is 1. The molecule has 0 amide bonds. The van der Waals surface area contributed by atoms with Gasteiger partial charge in [0.2, 0.25) is 0 Å². The number of methoxy groups -OCH3 is 1. The topological polar surface area (TPSA) is 9.23 Å². The molecule has 0 aromatic rings. The van der Waals surface area contributed by atoms with Crippen LogP contribution in [0.5, 0.6) is 0 Å². The van der Waals surface area contributed by atoms with Crippen molar-refractivity contribution in [2.24, 2.45) is 23.7 Å². The maximum absolute atomic E-state index is 5.19. The molecule has 2 aliphatic carbocycles. The Balaban J connectivity index is 1.49. The minimum absolute atomic E-state index is 0.959. The first-order chi connectivity index (χ1) is 11.8. The molecule has 0 aromatic heterocycles. The van der Waals surface area contributed by atoms with Gasteiger partial charge in [0.25, 0.3) is 0 Å². The Bertz CT molecular complexity index is 254. The lowest BCUT2D eigenvalue weighted by Gasteiger charge is -2.32. The molecule has 2 rings (SSSR count). The molecule has 0 atom stereocenters. The normalized spacial score (nSPS) is 31.2. The van der Waals surface area contributed by atoms with Crippen LogP contribution in [-0.4, -0.2) is 13.7 Å². The Labute approximate surface area is 152 Å². The molecule has 0 spiro atoms. The van der Waals surface area contributed by atoms with Crippen LogP contribution >= 0.6 is 0 Å². The van der Waals surface area contributed by atoms with E-state index in [-0.39, 0.29) is 0 Å². The summed E-state index contributed by atoms with van der Waals surface area (Å²) in [6.45, 7) is 3.28. The van der Waals surface area contributed by atoms with Crippen LogP contribution in [0.25, 0.3) is 0 Å². The molecule has 0 unspecified atom stereocenters. The van der Waals surface area contributed by atoms with Crippen molar-refractivity contribution in [3.8, 4) is 0 Å². The van der Waals surface area contributed by atoms with E-state index >= 15 is 0 Å². The summed E-state index contributed by atoms with van der Waals surface area (Å²) in [4.78, 5) is 0. The van der Waals surface area contributed by atoms with Crippen LogP contribution in [0.2, 0.25) is 0 Å². The average molecular weight is 337 g/mol. The van der Waals surface area contributed by atoms with Gasteiger partial charge in [-0.2, -0.15) is 0 Å². The van der Waals surface area contributed by atoms with Crippen LogP contribution < -0.4 is 0 Å². The molecule has 2 aliphatic rings. The van der Waals surface area contributed by atoms with Crippen LogP contribution in [0, 0.1) is 23.7 Å². The van der Waals surface area contributed by atoms with Crippen molar-refractivity contribution in [3.05, 3.63) is 0 Å². The van der Waals surface area contributed by atoms with Crippen LogP contribution in [0.3, 0.4) is 0 Å². The van der Waals surface area contributed by atoms with E-state index in [4.69, 9.17) is 4.74 Å². The SMILES string of the molecule is CCCCCC1CCC(CCC2CCC(CCCOC)CC2)CC1. The Kier molecular flexibility index (Phi) is 10.4. The molecule has 0 bridgehead atoms. The fourth-order valence-electron chi connectivity index (χ4n) is 5.29. The molecule has 0 saturated heterocycles. The lowest BCUT2D eigenvalue weighted by Crippen LogP contribution is -2.18. The summed E-state index contributed by atoms with van der Waals surface area (Å²) in [7, 11) is 1.83. The van der Waals surface area contributed by atoms with Gasteiger partial charge in [-0.05, 0) is 36.5 Å². The third-order valence-electron chi connectivity index (χ3n) is 7.09. The highest BCUT2D eigenvalue weighted by Gasteiger charge is 2.24. The van der Waals surface area contributed by atoms with Gasteiger partial charge in [-0.15, -0.1) is 0 Å². The van der Waals surface area contributed by atoms with Gasteiger partial charge in [-0.25, -0.2) is 0 Å². The van der Waals surface area contributed by atoms with Gasteiger partial charge < -0.3 is 4.74 Å². The van der Waals surface area contributed by atoms with Crippen LogP contribution in [0.15, 0.2) is 0 Å². The van der Waals surface area contributed by atoms with Crippen LogP contribution in [0.1, 0.15) is 110 Å². The quantitative estimate of drug-likeness (QED) is 0.357. The summed E-state index contributed by atoms with van der Waals surface area (Å²) < 4.78 is 5.19. The first kappa shape index (κ1) is 20.3. The van der Waals surface area contributed by atoms with Gasteiger partial charge in [-0.1, -0.05) is 96.8 Å². The zero-order chi connectivity index (χ0) is 17.0. The Morgan fingerprint density at radius 1 is 0.583 bits per heavy atom. The molecule has 0 heterocycles. The molecule has 2 saturated carbocycles. The molecule has 1 heteroatoms. The van der Waals surface area contributed by atoms with E-state index in [2.05, 4.69) is 6.92 Å². The second kappa shape index (κ2) is 12.3. The number of hydrogen-bond donors (Lipinski definition) is 0. The maximum atomic E-state index is 5.19. The highest BCUT2D eigenvalue weighted by molar-refractivity contribution is 4.77. The van der Waals surface area contributed by atoms with E-state index in [1.807, 2.05) is 7.11 Å². The molecule has 0 aliphatic heterocycles. The first-order valence-corrected chi connectivity index (χ1v) is 11.3. The van der Waals surface area contributed by atoms with E-state index in [9.17, 15) is 0 Å². The number of rotatable bonds is 11. The standard InChI is InChI=1S/C23H44O/c1-3-4-5-7-20-9-13-22(14-10-20)17-18-23-15-11-21(12-16-23)8-6-19-24-2/h20-23H,3-19H2,1-2H3. The fraction of sp³-hybridized carbons (Fsp3) is 1.00. The summed E-state index contributed by atoms with van der Waals surface area (Å²) >= 11 is 0. The smallest absolute Gasteiger partial charge is 0.0462 e. The molecule has 24 heavy (non-hydrogen) atoms. The minimum Gasteiger partial charge on any atom is -0.385 e. The Morgan fingerprint density at radius 3 is 1.42 bits per heavy atom. The largest absolute Gasteiger partial charge is 0.385 e. The highest BCUT2D eigenvalue weighted by atomic mass is 16.5. The van der Waals surface area contributed by atoms with Gasteiger partial charge in [-0.3, -0.25) is 0 Å². The van der Waals surface area contributed by atoms with E-state index in [0.29, 0.717) is 0 Å². The van der Waals surface area contributed by atoms with Gasteiger partial charge in [0.05, 0.1) is 0 Å². The lowest BCUT2D eigenvalue weighted by atomic mass is 9.74. The molecule has 0 N–H and O–H groups in total. The minimum atomic E-state index is 0.959. The highest BCUT2D eigenvalue weighted by Crippen LogP contribution is 2.38. The van der Waals surface area contributed by atoms with Crippen molar-refractivity contribution in [3.63, 3.8) is 0 Å². The van der Waals surface area contributed by atoms with Crippen molar-refractivity contribution in [1.29, 1.82) is 0 Å². The summed E-state index contributed by atoms with van der Waals surface area (Å²) in [5.41, 5.74) is 0. The van der Waals surface area contributed by atoms with Crippen LogP contribution in [0.4, 0.5) is 0 Å². The molecule has 0 radical (unpaired) electrons. The molecule has 142 valence electrons. The predicted octanol–water partition coefficient (Wildman–Crippen LogP) is 7.39. The van der Waals surface area contributed by atoms with Crippen molar-refractivity contribution in [2.45, 2.75) is 110 Å². The molecule has 1 nitrogen and oxygen atoms in total. The Morgan fingerprint density at radius 2 is 1.00 bits per heavy atom. The molecular weight excluding hydrogens is 292 g/mol. The van der Waals surface area contributed by atoms with E-state index < -0.39 is 0 Å².